The first-order valence-corrected chi connectivity index (χ1v) is 13.8. The van der Waals surface area contributed by atoms with Crippen molar-refractivity contribution in [2.75, 3.05) is 7.11 Å². The molecule has 198 valence electrons. The highest BCUT2D eigenvalue weighted by Crippen LogP contribution is 2.41. The Bertz CT molecular complexity index is 1200. The SMILES string of the molecule is COc1ccc(C(Cc2ccccc2)(NC(O)NC2CCCC2)c2cc(C)cc(C(F)(F)I)c2)cc1C. The first-order valence-electron chi connectivity index (χ1n) is 12.7. The molecule has 0 saturated heterocycles. The van der Waals surface area contributed by atoms with Crippen molar-refractivity contribution < 1.29 is 18.6 Å². The molecular weight excluding hydrogens is 585 g/mol. The fourth-order valence-electron chi connectivity index (χ4n) is 5.42. The van der Waals surface area contributed by atoms with Gasteiger partial charge in [-0.3, -0.25) is 10.6 Å². The van der Waals surface area contributed by atoms with Gasteiger partial charge in [0.05, 0.1) is 12.6 Å². The van der Waals surface area contributed by atoms with E-state index in [2.05, 4.69) is 10.6 Å². The summed E-state index contributed by atoms with van der Waals surface area (Å²) < 4.78 is 31.7. The van der Waals surface area contributed by atoms with E-state index < -0.39 is 15.8 Å². The Morgan fingerprint density at radius 1 is 0.973 bits per heavy atom. The highest BCUT2D eigenvalue weighted by molar-refractivity contribution is 14.1. The van der Waals surface area contributed by atoms with Crippen molar-refractivity contribution >= 4 is 22.6 Å². The number of hydrogen-bond acceptors (Lipinski definition) is 4. The Hall–Kier alpha value is -2.07. The summed E-state index contributed by atoms with van der Waals surface area (Å²) in [5, 5.41) is 18.1. The van der Waals surface area contributed by atoms with E-state index >= 15 is 0 Å². The average Bonchev–Trinajstić information content (AvgIpc) is 3.36. The van der Waals surface area contributed by atoms with Crippen molar-refractivity contribution in [3.63, 3.8) is 0 Å². The highest BCUT2D eigenvalue weighted by atomic mass is 127. The molecule has 0 aromatic heterocycles. The van der Waals surface area contributed by atoms with Crippen molar-refractivity contribution in [3.05, 3.63) is 100 Å². The molecule has 0 amide bonds. The number of benzene rings is 3. The van der Waals surface area contributed by atoms with Crippen LogP contribution in [-0.2, 0) is 15.9 Å². The Balaban J connectivity index is 1.92. The van der Waals surface area contributed by atoms with Crippen LogP contribution < -0.4 is 15.4 Å². The zero-order chi connectivity index (χ0) is 26.6. The van der Waals surface area contributed by atoms with Crippen molar-refractivity contribution in [3.8, 4) is 5.75 Å². The lowest BCUT2D eigenvalue weighted by Gasteiger charge is -2.40. The molecule has 3 N–H and O–H groups in total. The van der Waals surface area contributed by atoms with Crippen molar-refractivity contribution in [2.45, 2.75) is 67.8 Å². The van der Waals surface area contributed by atoms with Crippen LogP contribution in [0.4, 0.5) is 8.78 Å². The van der Waals surface area contributed by atoms with Crippen molar-refractivity contribution in [2.24, 2.45) is 0 Å². The van der Waals surface area contributed by atoms with Gasteiger partial charge in [0.2, 0.25) is 0 Å². The topological polar surface area (TPSA) is 53.5 Å². The van der Waals surface area contributed by atoms with Gasteiger partial charge < -0.3 is 9.84 Å². The summed E-state index contributed by atoms with van der Waals surface area (Å²) in [4.78, 5) is 0. The molecule has 2 atom stereocenters. The Kier molecular flexibility index (Phi) is 8.89. The minimum absolute atomic E-state index is 0.0641. The number of ether oxygens (including phenoxy) is 1. The second kappa shape index (κ2) is 11.8. The molecular formula is C30H35F2IN2O2. The Labute approximate surface area is 232 Å². The second-order valence-electron chi connectivity index (χ2n) is 10.0. The monoisotopic (exact) mass is 620 g/mol. The molecule has 0 bridgehead atoms. The minimum atomic E-state index is -3.03. The van der Waals surface area contributed by atoms with Crippen LogP contribution in [0.25, 0.3) is 0 Å². The highest BCUT2D eigenvalue weighted by Gasteiger charge is 2.39. The van der Waals surface area contributed by atoms with Gasteiger partial charge in [0, 0.05) is 34.2 Å². The standard InChI is InChI=1S/C30H35F2IN2O2/c1-20-15-24(18-25(16-20)30(31,32)33)29(19-22-9-5-4-6-10-22,23-13-14-27(37-3)21(2)17-23)35-28(36)34-26-11-7-8-12-26/h4-6,9-10,13-18,26,28,34-36H,7-8,11-12,19H2,1-3H3. The maximum atomic E-state index is 14.6. The number of alkyl halides is 3. The maximum absolute atomic E-state index is 14.6. The molecule has 4 nitrogen and oxygen atoms in total. The molecule has 1 fully saturated rings. The molecule has 1 saturated carbocycles. The molecule has 4 rings (SSSR count). The van der Waals surface area contributed by atoms with Crippen LogP contribution in [0.5, 0.6) is 5.75 Å². The summed E-state index contributed by atoms with van der Waals surface area (Å²) in [6, 6.07) is 21.0. The number of aryl methyl sites for hydroxylation is 2. The molecule has 0 aliphatic heterocycles. The van der Waals surface area contributed by atoms with Gasteiger partial charge in [-0.25, -0.2) is 0 Å². The van der Waals surface area contributed by atoms with Crippen LogP contribution in [0.15, 0.2) is 66.7 Å². The summed E-state index contributed by atoms with van der Waals surface area (Å²) in [6.45, 7) is 3.79. The lowest BCUT2D eigenvalue weighted by molar-refractivity contribution is 0.0588. The summed E-state index contributed by atoms with van der Waals surface area (Å²) in [7, 11) is 1.63. The Morgan fingerprint density at radius 2 is 1.65 bits per heavy atom. The van der Waals surface area contributed by atoms with E-state index in [1.807, 2.05) is 68.4 Å². The number of methoxy groups -OCH3 is 1. The number of halogens is 3. The fourth-order valence-corrected chi connectivity index (χ4v) is 5.73. The second-order valence-corrected chi connectivity index (χ2v) is 11.4. The van der Waals surface area contributed by atoms with E-state index in [1.54, 1.807) is 13.2 Å². The van der Waals surface area contributed by atoms with Crippen LogP contribution in [0, 0.1) is 13.8 Å². The van der Waals surface area contributed by atoms with Gasteiger partial charge in [0.15, 0.2) is 6.35 Å². The lowest BCUT2D eigenvalue weighted by Crippen LogP contribution is -2.57. The quantitative estimate of drug-likeness (QED) is 0.135. The number of hydrogen-bond donors (Lipinski definition) is 3. The van der Waals surface area contributed by atoms with E-state index in [9.17, 15) is 13.9 Å². The largest absolute Gasteiger partial charge is 0.496 e. The van der Waals surface area contributed by atoms with Crippen LogP contribution >= 0.6 is 22.6 Å². The molecule has 1 aliphatic rings. The molecule has 0 heterocycles. The van der Waals surface area contributed by atoms with Crippen LogP contribution in [0.1, 0.15) is 59.1 Å². The third-order valence-electron chi connectivity index (χ3n) is 7.23. The molecule has 2 unspecified atom stereocenters. The van der Waals surface area contributed by atoms with Crippen molar-refractivity contribution in [1.29, 1.82) is 0 Å². The number of nitrogens with one attached hydrogen (secondary N) is 2. The number of aliphatic hydroxyl groups excluding tert-OH is 1. The summed E-state index contributed by atoms with van der Waals surface area (Å²) in [5.74, 6) is 0.741. The summed E-state index contributed by atoms with van der Waals surface area (Å²) in [5.41, 5.74) is 3.11. The molecule has 7 heteroatoms. The molecule has 3 aromatic carbocycles. The van der Waals surface area contributed by atoms with Crippen LogP contribution in [0.3, 0.4) is 0 Å². The molecule has 0 spiro atoms. The van der Waals surface area contributed by atoms with Crippen molar-refractivity contribution in [1.82, 2.24) is 10.6 Å². The van der Waals surface area contributed by atoms with Gasteiger partial charge in [-0.05, 0) is 73.6 Å². The van der Waals surface area contributed by atoms with E-state index in [1.165, 1.54) is 28.7 Å². The first-order chi connectivity index (χ1) is 17.6. The van der Waals surface area contributed by atoms with Crippen LogP contribution in [0.2, 0.25) is 0 Å². The van der Waals surface area contributed by atoms with Gasteiger partial charge in [-0.15, -0.1) is 0 Å². The predicted octanol–water partition coefficient (Wildman–Crippen LogP) is 6.68. The zero-order valence-corrected chi connectivity index (χ0v) is 23.7. The normalized spacial score (nSPS) is 16.9. The number of rotatable bonds is 10. The van der Waals surface area contributed by atoms with E-state index in [-0.39, 0.29) is 11.6 Å². The molecule has 0 radical (unpaired) electrons. The lowest BCUT2D eigenvalue weighted by atomic mass is 9.76. The average molecular weight is 621 g/mol. The summed E-state index contributed by atoms with van der Waals surface area (Å²) >= 11 is 1.18. The smallest absolute Gasteiger partial charge is 0.321 e. The van der Waals surface area contributed by atoms with E-state index in [4.69, 9.17) is 4.74 Å². The van der Waals surface area contributed by atoms with Gasteiger partial charge >= 0.3 is 3.93 Å². The predicted molar refractivity (Wildman–Crippen MR) is 152 cm³/mol. The Morgan fingerprint density at radius 3 is 2.27 bits per heavy atom. The van der Waals surface area contributed by atoms with Gasteiger partial charge in [0.25, 0.3) is 0 Å². The molecule has 1 aliphatic carbocycles. The fraction of sp³-hybridized carbons (Fsp3) is 0.400. The van der Waals surface area contributed by atoms with Gasteiger partial charge in [-0.1, -0.05) is 66.9 Å². The first kappa shape index (κ1) is 28.0. The minimum Gasteiger partial charge on any atom is -0.496 e. The van der Waals surface area contributed by atoms with Gasteiger partial charge in [0.1, 0.15) is 5.75 Å². The van der Waals surface area contributed by atoms with Crippen LogP contribution in [-0.4, -0.2) is 24.6 Å². The third-order valence-corrected chi connectivity index (χ3v) is 7.85. The maximum Gasteiger partial charge on any atom is 0.321 e. The third kappa shape index (κ3) is 6.69. The summed E-state index contributed by atoms with van der Waals surface area (Å²) in [6.07, 6.45) is 3.66. The van der Waals surface area contributed by atoms with E-state index in [0.717, 1.165) is 53.7 Å². The van der Waals surface area contributed by atoms with E-state index in [0.29, 0.717) is 12.0 Å². The number of aliphatic hydroxyl groups is 1. The molecule has 3 aromatic rings. The van der Waals surface area contributed by atoms with Gasteiger partial charge in [-0.2, -0.15) is 8.78 Å². The zero-order valence-electron chi connectivity index (χ0n) is 21.5. The molecule has 37 heavy (non-hydrogen) atoms.